The summed E-state index contributed by atoms with van der Waals surface area (Å²) in [5, 5.41) is 10.0. The summed E-state index contributed by atoms with van der Waals surface area (Å²) in [4.78, 5) is 14.3. The molecule has 1 N–H and O–H groups in total. The quantitative estimate of drug-likeness (QED) is 0.395. The minimum Gasteiger partial charge on any atom is -0.481 e. The molecule has 1 aromatic heterocycles. The Bertz CT molecular complexity index is 1020. The van der Waals surface area contributed by atoms with Crippen LogP contribution in [0.1, 0.15) is 17.0 Å². The van der Waals surface area contributed by atoms with Crippen LogP contribution in [0.4, 0.5) is 0 Å². The van der Waals surface area contributed by atoms with Crippen molar-refractivity contribution in [2.45, 2.75) is 5.92 Å². The Balaban J connectivity index is 1.92. The monoisotopic (exact) mass is 383 g/mol. The van der Waals surface area contributed by atoms with E-state index in [0.29, 0.717) is 0 Å². The lowest BCUT2D eigenvalue weighted by atomic mass is 9.91. The van der Waals surface area contributed by atoms with Gasteiger partial charge in [0.05, 0.1) is 0 Å². The maximum Gasteiger partial charge on any atom is 0.315 e. The average molecular weight is 383 g/mol. The molecule has 2 nitrogen and oxygen atoms in total. The first-order valence-electron chi connectivity index (χ1n) is 9.09. The highest BCUT2D eigenvalue weighted by Gasteiger charge is 2.27. The minimum absolute atomic E-state index is 0.709. The largest absolute Gasteiger partial charge is 0.481 e. The third kappa shape index (κ3) is 3.85. The SMILES string of the molecule is O=C(O)C(c1ccccc1)c1cc(-c2ccccc2)[s+]c(-c2ccccc2)c1. The standard InChI is InChI=1S/C25H18O2S/c26-25(27)24(20-14-8-3-9-15-20)21-16-22(18-10-4-1-5-11-18)28-23(17-21)19-12-6-2-7-13-19/h1-17,24H/p+1. The fourth-order valence-electron chi connectivity index (χ4n) is 3.30. The molecule has 1 atom stereocenters. The molecule has 0 bridgehead atoms. The van der Waals surface area contributed by atoms with E-state index >= 15 is 0 Å². The van der Waals surface area contributed by atoms with E-state index in [1.807, 2.05) is 78.9 Å². The van der Waals surface area contributed by atoms with Gasteiger partial charge in [-0.15, -0.1) is 0 Å². The second kappa shape index (κ2) is 8.15. The predicted molar refractivity (Wildman–Crippen MR) is 116 cm³/mol. The molecule has 1 heterocycles. The molecule has 0 spiro atoms. The number of hydrogen-bond acceptors (Lipinski definition) is 1. The van der Waals surface area contributed by atoms with Gasteiger partial charge >= 0.3 is 5.97 Å². The van der Waals surface area contributed by atoms with Crippen LogP contribution in [-0.2, 0) is 4.79 Å². The van der Waals surface area contributed by atoms with Gasteiger partial charge in [-0.1, -0.05) is 66.7 Å². The zero-order chi connectivity index (χ0) is 19.3. The zero-order valence-corrected chi connectivity index (χ0v) is 16.0. The molecule has 0 aliphatic heterocycles. The highest BCUT2D eigenvalue weighted by molar-refractivity contribution is 7.18. The van der Waals surface area contributed by atoms with Crippen LogP contribution in [0.2, 0.25) is 0 Å². The smallest absolute Gasteiger partial charge is 0.315 e. The number of aliphatic carboxylic acids is 1. The zero-order valence-electron chi connectivity index (χ0n) is 15.2. The van der Waals surface area contributed by atoms with E-state index in [0.717, 1.165) is 32.0 Å². The van der Waals surface area contributed by atoms with Gasteiger partial charge in [-0.2, -0.15) is 0 Å². The van der Waals surface area contributed by atoms with Crippen molar-refractivity contribution >= 4 is 17.3 Å². The maximum absolute atomic E-state index is 12.2. The molecule has 0 saturated carbocycles. The van der Waals surface area contributed by atoms with Crippen LogP contribution in [-0.4, -0.2) is 11.1 Å². The van der Waals surface area contributed by atoms with Crippen LogP contribution in [0, 0.1) is 0 Å². The van der Waals surface area contributed by atoms with E-state index in [1.165, 1.54) is 0 Å². The summed E-state index contributed by atoms with van der Waals surface area (Å²) in [6, 6.07) is 33.7. The summed E-state index contributed by atoms with van der Waals surface area (Å²) in [6.45, 7) is 0. The summed E-state index contributed by atoms with van der Waals surface area (Å²) < 4.78 is 0. The van der Waals surface area contributed by atoms with Gasteiger partial charge in [-0.3, -0.25) is 4.79 Å². The number of hydrogen-bond donors (Lipinski definition) is 1. The van der Waals surface area contributed by atoms with E-state index in [1.54, 1.807) is 11.3 Å². The van der Waals surface area contributed by atoms with E-state index in [4.69, 9.17) is 0 Å². The van der Waals surface area contributed by atoms with Crippen molar-refractivity contribution in [1.29, 1.82) is 0 Å². The van der Waals surface area contributed by atoms with Crippen molar-refractivity contribution in [1.82, 2.24) is 0 Å². The van der Waals surface area contributed by atoms with Gasteiger partial charge in [0.15, 0.2) is 0 Å². The normalized spacial score (nSPS) is 11.7. The molecule has 4 rings (SSSR count). The summed E-state index contributed by atoms with van der Waals surface area (Å²) in [6.07, 6.45) is 0. The van der Waals surface area contributed by atoms with E-state index in [-0.39, 0.29) is 0 Å². The van der Waals surface area contributed by atoms with Crippen LogP contribution in [0.5, 0.6) is 0 Å². The molecule has 136 valence electrons. The molecule has 0 fully saturated rings. The molecule has 0 saturated heterocycles. The fraction of sp³-hybridized carbons (Fsp3) is 0.0400. The number of rotatable bonds is 5. The van der Waals surface area contributed by atoms with Crippen LogP contribution < -0.4 is 0 Å². The summed E-state index contributed by atoms with van der Waals surface area (Å²) in [5.41, 5.74) is 3.74. The Morgan fingerprint density at radius 1 is 0.643 bits per heavy atom. The predicted octanol–water partition coefficient (Wildman–Crippen LogP) is 6.58. The number of carboxylic acids is 1. The van der Waals surface area contributed by atoms with E-state index in [9.17, 15) is 9.90 Å². The molecule has 0 radical (unpaired) electrons. The number of benzene rings is 3. The molecule has 3 heteroatoms. The van der Waals surface area contributed by atoms with Crippen LogP contribution in [0.3, 0.4) is 0 Å². The van der Waals surface area contributed by atoms with Gasteiger partial charge in [0.2, 0.25) is 21.1 Å². The van der Waals surface area contributed by atoms with E-state index in [2.05, 4.69) is 24.3 Å². The molecule has 0 aliphatic carbocycles. The van der Waals surface area contributed by atoms with Crippen LogP contribution in [0.15, 0.2) is 103 Å². The molecule has 4 aromatic rings. The van der Waals surface area contributed by atoms with Crippen molar-refractivity contribution in [2.24, 2.45) is 0 Å². The minimum atomic E-state index is -0.847. The molecule has 0 amide bonds. The molecule has 1 unspecified atom stereocenters. The third-order valence-electron chi connectivity index (χ3n) is 4.65. The van der Waals surface area contributed by atoms with Crippen LogP contribution in [0.25, 0.3) is 20.9 Å². The lowest BCUT2D eigenvalue weighted by Gasteiger charge is -2.13. The highest BCUT2D eigenvalue weighted by atomic mass is 32.1. The molecule has 3 aromatic carbocycles. The highest BCUT2D eigenvalue weighted by Crippen LogP contribution is 2.37. The second-order valence-electron chi connectivity index (χ2n) is 6.53. The average Bonchev–Trinajstić information content (AvgIpc) is 2.75. The van der Waals surface area contributed by atoms with Gasteiger partial charge in [-0.05, 0) is 35.4 Å². The summed E-state index contributed by atoms with van der Waals surface area (Å²) >= 11 is 1.67. The Kier molecular flexibility index (Phi) is 5.27. The maximum atomic E-state index is 12.2. The molecule has 28 heavy (non-hydrogen) atoms. The first kappa shape index (κ1) is 18.1. The van der Waals surface area contributed by atoms with Crippen molar-refractivity contribution in [2.75, 3.05) is 0 Å². The number of carbonyl (C=O) groups is 1. The van der Waals surface area contributed by atoms with Crippen molar-refractivity contribution in [3.05, 3.63) is 114 Å². The van der Waals surface area contributed by atoms with Crippen molar-refractivity contribution in [3.8, 4) is 20.9 Å². The Hall–Kier alpha value is -3.30. The lowest BCUT2D eigenvalue weighted by Crippen LogP contribution is -2.13. The second-order valence-corrected chi connectivity index (χ2v) is 7.62. The first-order chi connectivity index (χ1) is 13.7. The molecular formula is C25H19O2S+. The van der Waals surface area contributed by atoms with Crippen molar-refractivity contribution in [3.63, 3.8) is 0 Å². The van der Waals surface area contributed by atoms with Gasteiger partial charge in [-0.25, -0.2) is 0 Å². The first-order valence-corrected chi connectivity index (χ1v) is 9.91. The van der Waals surface area contributed by atoms with E-state index < -0.39 is 11.9 Å². The Morgan fingerprint density at radius 3 is 1.50 bits per heavy atom. The van der Waals surface area contributed by atoms with Gasteiger partial charge in [0.25, 0.3) is 0 Å². The fourth-order valence-corrected chi connectivity index (χ4v) is 4.44. The molecular weight excluding hydrogens is 364 g/mol. The summed E-state index contributed by atoms with van der Waals surface area (Å²) in [7, 11) is 0. The van der Waals surface area contributed by atoms with Crippen molar-refractivity contribution < 1.29 is 9.90 Å². The third-order valence-corrected chi connectivity index (χ3v) is 5.79. The Labute approximate surface area is 168 Å². The number of carboxylic acid groups (broad SMARTS) is 1. The molecule has 0 aliphatic rings. The van der Waals surface area contributed by atoms with Gasteiger partial charge in [0.1, 0.15) is 5.92 Å². The van der Waals surface area contributed by atoms with Gasteiger partial charge in [0, 0.05) is 23.3 Å². The topological polar surface area (TPSA) is 37.3 Å². The summed E-state index contributed by atoms with van der Waals surface area (Å²) in [5.74, 6) is -1.56. The Morgan fingerprint density at radius 2 is 1.07 bits per heavy atom. The van der Waals surface area contributed by atoms with Gasteiger partial charge < -0.3 is 5.11 Å². The van der Waals surface area contributed by atoms with Crippen LogP contribution >= 0.6 is 11.3 Å². The lowest BCUT2D eigenvalue weighted by molar-refractivity contribution is -0.137.